The van der Waals surface area contributed by atoms with Crippen LogP contribution in [0.25, 0.3) is 6.08 Å². The second-order valence-electron chi connectivity index (χ2n) is 3.74. The summed E-state index contributed by atoms with van der Waals surface area (Å²) in [6, 6.07) is 7.37. The van der Waals surface area contributed by atoms with Gasteiger partial charge in [0.1, 0.15) is 0 Å². The van der Waals surface area contributed by atoms with Gasteiger partial charge in [0, 0.05) is 0 Å². The number of carbonyl (C=O) groups is 1. The average molecular weight is 206 g/mol. The first kappa shape index (κ1) is 9.90. The van der Waals surface area contributed by atoms with Crippen molar-refractivity contribution in [2.75, 3.05) is 0 Å². The predicted octanol–water partition coefficient (Wildman–Crippen LogP) is 2.96. The van der Waals surface area contributed by atoms with E-state index in [0.717, 1.165) is 6.08 Å². The summed E-state index contributed by atoms with van der Waals surface area (Å²) in [5.41, 5.74) is 1.78. The molecule has 0 saturated heterocycles. The molecule has 0 bridgehead atoms. The van der Waals surface area contributed by atoms with E-state index in [0.29, 0.717) is 11.5 Å². The van der Waals surface area contributed by atoms with E-state index < -0.39 is 11.8 Å². The van der Waals surface area contributed by atoms with Crippen LogP contribution in [0.1, 0.15) is 29.9 Å². The SMILES string of the molecule is O=C(O)C(F)=Cc1cccc(C2CC2)c1. The van der Waals surface area contributed by atoms with Crippen LogP contribution in [0.5, 0.6) is 0 Å². The highest BCUT2D eigenvalue weighted by molar-refractivity contribution is 5.89. The van der Waals surface area contributed by atoms with Crippen LogP contribution in [-0.2, 0) is 4.79 Å². The lowest BCUT2D eigenvalue weighted by Gasteiger charge is -1.99. The maximum atomic E-state index is 12.8. The molecule has 1 aromatic carbocycles. The first-order chi connectivity index (χ1) is 7.16. The molecule has 78 valence electrons. The molecule has 1 fully saturated rings. The molecular weight excluding hydrogens is 195 g/mol. The van der Waals surface area contributed by atoms with Gasteiger partial charge in [-0.05, 0) is 36.0 Å². The van der Waals surface area contributed by atoms with Gasteiger partial charge in [-0.3, -0.25) is 0 Å². The minimum atomic E-state index is -1.52. The summed E-state index contributed by atoms with van der Waals surface area (Å²) in [5, 5.41) is 8.39. The first-order valence-corrected chi connectivity index (χ1v) is 4.87. The Morgan fingerprint density at radius 3 is 2.80 bits per heavy atom. The molecule has 0 atom stereocenters. The van der Waals surface area contributed by atoms with Gasteiger partial charge in [-0.15, -0.1) is 0 Å². The van der Waals surface area contributed by atoms with Crippen LogP contribution in [0, 0.1) is 0 Å². The van der Waals surface area contributed by atoms with E-state index in [4.69, 9.17) is 5.11 Å². The van der Waals surface area contributed by atoms with Crippen LogP contribution >= 0.6 is 0 Å². The normalized spacial score (nSPS) is 16.5. The summed E-state index contributed by atoms with van der Waals surface area (Å²) in [6.07, 6.45) is 3.40. The molecule has 0 amide bonds. The molecule has 0 heterocycles. The monoisotopic (exact) mass is 206 g/mol. The van der Waals surface area contributed by atoms with Crippen molar-refractivity contribution in [3.05, 3.63) is 41.2 Å². The number of hydrogen-bond acceptors (Lipinski definition) is 1. The maximum Gasteiger partial charge on any atom is 0.364 e. The molecule has 2 rings (SSSR count). The van der Waals surface area contributed by atoms with Gasteiger partial charge in [0.05, 0.1) is 0 Å². The number of rotatable bonds is 3. The molecule has 0 aromatic heterocycles. The smallest absolute Gasteiger partial charge is 0.364 e. The second-order valence-corrected chi connectivity index (χ2v) is 3.74. The highest BCUT2D eigenvalue weighted by atomic mass is 19.1. The Balaban J connectivity index is 2.24. The zero-order valence-corrected chi connectivity index (χ0v) is 8.11. The van der Waals surface area contributed by atoms with Crippen molar-refractivity contribution in [1.82, 2.24) is 0 Å². The molecule has 2 nitrogen and oxygen atoms in total. The lowest BCUT2D eigenvalue weighted by atomic mass is 10.1. The Labute approximate surface area is 87.0 Å². The number of carboxylic acid groups (broad SMARTS) is 1. The van der Waals surface area contributed by atoms with E-state index in [1.807, 2.05) is 18.2 Å². The van der Waals surface area contributed by atoms with E-state index in [2.05, 4.69) is 0 Å². The molecule has 1 aliphatic carbocycles. The Hall–Kier alpha value is -1.64. The van der Waals surface area contributed by atoms with Gasteiger partial charge < -0.3 is 5.11 Å². The third-order valence-corrected chi connectivity index (χ3v) is 2.46. The predicted molar refractivity (Wildman–Crippen MR) is 55.1 cm³/mol. The van der Waals surface area contributed by atoms with Gasteiger partial charge in [-0.25, -0.2) is 4.79 Å². The standard InChI is InChI=1S/C12H11FO2/c13-11(12(14)15)7-8-2-1-3-10(6-8)9-4-5-9/h1-3,6-7,9H,4-5H2,(H,14,15). The maximum absolute atomic E-state index is 12.8. The van der Waals surface area contributed by atoms with Crippen molar-refractivity contribution in [1.29, 1.82) is 0 Å². The zero-order valence-electron chi connectivity index (χ0n) is 8.11. The zero-order chi connectivity index (χ0) is 10.8. The Kier molecular flexibility index (Phi) is 2.54. The minimum absolute atomic E-state index is 0.589. The third kappa shape index (κ3) is 2.43. The fourth-order valence-corrected chi connectivity index (χ4v) is 1.53. The summed E-state index contributed by atoms with van der Waals surface area (Å²) in [7, 11) is 0. The van der Waals surface area contributed by atoms with E-state index in [1.165, 1.54) is 18.4 Å². The van der Waals surface area contributed by atoms with Gasteiger partial charge in [0.15, 0.2) is 0 Å². The van der Waals surface area contributed by atoms with Crippen molar-refractivity contribution < 1.29 is 14.3 Å². The third-order valence-electron chi connectivity index (χ3n) is 2.46. The van der Waals surface area contributed by atoms with Gasteiger partial charge in [0.25, 0.3) is 0 Å². The molecule has 3 heteroatoms. The van der Waals surface area contributed by atoms with Crippen LogP contribution in [0.3, 0.4) is 0 Å². The summed E-state index contributed by atoms with van der Waals surface area (Å²) in [6.45, 7) is 0. The van der Waals surface area contributed by atoms with Crippen LogP contribution in [0.4, 0.5) is 4.39 Å². The fourth-order valence-electron chi connectivity index (χ4n) is 1.53. The van der Waals surface area contributed by atoms with Crippen molar-refractivity contribution >= 4 is 12.0 Å². The number of hydrogen-bond donors (Lipinski definition) is 1. The van der Waals surface area contributed by atoms with Crippen LogP contribution in [0.15, 0.2) is 30.1 Å². The number of aliphatic carboxylic acids is 1. The fraction of sp³-hybridized carbons (Fsp3) is 0.250. The molecule has 15 heavy (non-hydrogen) atoms. The quantitative estimate of drug-likeness (QED) is 0.772. The van der Waals surface area contributed by atoms with Crippen molar-refractivity contribution in [3.8, 4) is 0 Å². The number of halogens is 1. The Morgan fingerprint density at radius 1 is 1.47 bits per heavy atom. The molecule has 0 unspecified atom stereocenters. The minimum Gasteiger partial charge on any atom is -0.476 e. The van der Waals surface area contributed by atoms with E-state index in [1.54, 1.807) is 6.07 Å². The lowest BCUT2D eigenvalue weighted by molar-refractivity contribution is -0.134. The molecule has 0 radical (unpaired) electrons. The Morgan fingerprint density at radius 2 is 2.20 bits per heavy atom. The summed E-state index contributed by atoms with van der Waals surface area (Å²) >= 11 is 0. The highest BCUT2D eigenvalue weighted by Gasteiger charge is 2.23. The number of carboxylic acids is 1. The molecule has 0 spiro atoms. The molecule has 1 aliphatic rings. The van der Waals surface area contributed by atoms with Crippen molar-refractivity contribution in [2.24, 2.45) is 0 Å². The molecular formula is C12H11FO2. The van der Waals surface area contributed by atoms with Crippen LogP contribution < -0.4 is 0 Å². The van der Waals surface area contributed by atoms with Crippen LogP contribution in [-0.4, -0.2) is 11.1 Å². The Bertz CT molecular complexity index is 419. The van der Waals surface area contributed by atoms with Crippen molar-refractivity contribution in [2.45, 2.75) is 18.8 Å². The molecule has 0 aliphatic heterocycles. The van der Waals surface area contributed by atoms with Crippen molar-refractivity contribution in [3.63, 3.8) is 0 Å². The van der Waals surface area contributed by atoms with Gasteiger partial charge in [-0.1, -0.05) is 24.3 Å². The topological polar surface area (TPSA) is 37.3 Å². The number of benzene rings is 1. The first-order valence-electron chi connectivity index (χ1n) is 4.87. The average Bonchev–Trinajstić information content (AvgIpc) is 3.01. The largest absolute Gasteiger partial charge is 0.476 e. The second kappa shape index (κ2) is 3.85. The molecule has 1 N–H and O–H groups in total. The van der Waals surface area contributed by atoms with Gasteiger partial charge in [-0.2, -0.15) is 4.39 Å². The summed E-state index contributed by atoms with van der Waals surface area (Å²) in [5.74, 6) is -2.05. The highest BCUT2D eigenvalue weighted by Crippen LogP contribution is 2.40. The summed E-state index contributed by atoms with van der Waals surface area (Å²) < 4.78 is 12.8. The molecule has 1 saturated carbocycles. The van der Waals surface area contributed by atoms with Crippen LogP contribution in [0.2, 0.25) is 0 Å². The van der Waals surface area contributed by atoms with E-state index in [9.17, 15) is 9.18 Å². The molecule has 1 aromatic rings. The van der Waals surface area contributed by atoms with E-state index in [-0.39, 0.29) is 0 Å². The van der Waals surface area contributed by atoms with E-state index >= 15 is 0 Å². The summed E-state index contributed by atoms with van der Waals surface area (Å²) in [4.78, 5) is 10.3. The lowest BCUT2D eigenvalue weighted by Crippen LogP contribution is -1.94. The van der Waals surface area contributed by atoms with Gasteiger partial charge in [0.2, 0.25) is 5.83 Å². The van der Waals surface area contributed by atoms with Gasteiger partial charge >= 0.3 is 5.97 Å².